The van der Waals surface area contributed by atoms with Gasteiger partial charge in [-0.15, -0.1) is 0 Å². The Bertz CT molecular complexity index is 1080. The van der Waals surface area contributed by atoms with Crippen LogP contribution in [-0.2, 0) is 9.59 Å². The Balaban J connectivity index is 2.10. The van der Waals surface area contributed by atoms with Gasteiger partial charge in [-0.2, -0.15) is 0 Å². The van der Waals surface area contributed by atoms with Crippen LogP contribution in [0.15, 0.2) is 48.0 Å². The maximum absolute atomic E-state index is 13.5. The summed E-state index contributed by atoms with van der Waals surface area (Å²) in [6.07, 6.45) is 1.53. The maximum Gasteiger partial charge on any atom is 0.295 e. The molecule has 3 rings (SSSR count). The van der Waals surface area contributed by atoms with Crippen LogP contribution in [0.3, 0.4) is 0 Å². The molecular formula is C27H34N2O6. The third-order valence-electron chi connectivity index (χ3n) is 5.92. The number of methoxy groups -OCH3 is 2. The molecule has 188 valence electrons. The van der Waals surface area contributed by atoms with Crippen molar-refractivity contribution < 1.29 is 33.8 Å². The number of benzene rings is 2. The highest BCUT2D eigenvalue weighted by atomic mass is 16.5. The van der Waals surface area contributed by atoms with E-state index in [2.05, 4.69) is 0 Å². The van der Waals surface area contributed by atoms with Crippen molar-refractivity contribution in [3.05, 3.63) is 59.2 Å². The first-order valence-corrected chi connectivity index (χ1v) is 11.8. The van der Waals surface area contributed by atoms with E-state index in [0.717, 1.165) is 13.0 Å². The van der Waals surface area contributed by atoms with Gasteiger partial charge in [-0.05, 0) is 41.8 Å². The van der Waals surface area contributed by atoms with Crippen LogP contribution in [0.2, 0.25) is 0 Å². The van der Waals surface area contributed by atoms with Gasteiger partial charge in [0.25, 0.3) is 5.91 Å². The molecular weight excluding hydrogens is 448 g/mol. The number of nitrogens with one attached hydrogen (secondary N) is 1. The summed E-state index contributed by atoms with van der Waals surface area (Å²) >= 11 is 0. The Labute approximate surface area is 206 Å². The zero-order valence-electron chi connectivity index (χ0n) is 21.1. The minimum absolute atomic E-state index is 0.0540. The third-order valence-corrected chi connectivity index (χ3v) is 5.92. The standard InChI is InChI=1S/C27H34N2O6/c1-6-16-35-21-13-10-19(17-22(21)34-5)24-23(25(30)18-8-11-20(33-4)12-9-18)26(31)27(32)29(24)15-7-14-28(2)3/h8-13,17,24,30H,6-7,14-16H2,1-5H3/b25-23+. The van der Waals surface area contributed by atoms with Crippen molar-refractivity contribution in [2.75, 3.05) is 48.0 Å². The minimum atomic E-state index is -0.809. The molecule has 2 aromatic rings. The molecule has 1 aliphatic rings. The zero-order chi connectivity index (χ0) is 25.5. The van der Waals surface area contributed by atoms with E-state index in [0.29, 0.717) is 47.9 Å². The van der Waals surface area contributed by atoms with Crippen LogP contribution in [0.1, 0.15) is 36.9 Å². The molecule has 1 fully saturated rings. The lowest BCUT2D eigenvalue weighted by Crippen LogP contribution is -3.05. The smallest absolute Gasteiger partial charge is 0.295 e. The first-order chi connectivity index (χ1) is 16.8. The summed E-state index contributed by atoms with van der Waals surface area (Å²) < 4.78 is 16.5. The maximum atomic E-state index is 13.5. The molecule has 2 aromatic carbocycles. The highest BCUT2D eigenvalue weighted by molar-refractivity contribution is 6.46. The number of hydrogen-bond acceptors (Lipinski definition) is 6. The van der Waals surface area contributed by atoms with Gasteiger partial charge in [-0.3, -0.25) is 9.59 Å². The van der Waals surface area contributed by atoms with Gasteiger partial charge in [-0.1, -0.05) is 30.9 Å². The predicted molar refractivity (Wildman–Crippen MR) is 130 cm³/mol. The zero-order valence-corrected chi connectivity index (χ0v) is 21.1. The number of Topliss-reactive ketones (excluding diaryl/α,β-unsaturated/α-hetero) is 1. The SMILES string of the molecule is CCCOc1ccc(C2/C(=C(\[O-])c3ccc(OC)cc3)C(=O)C(=O)N2CCC[NH+](C)C)cc1OC. The number of likely N-dealkylation sites (tertiary alicyclic amines) is 1. The van der Waals surface area contributed by atoms with Crippen molar-refractivity contribution >= 4 is 17.4 Å². The Hall–Kier alpha value is -3.52. The van der Waals surface area contributed by atoms with Gasteiger partial charge < -0.3 is 29.1 Å². The second kappa shape index (κ2) is 11.8. The number of ether oxygens (including phenoxy) is 3. The lowest BCUT2D eigenvalue weighted by Gasteiger charge is -2.28. The van der Waals surface area contributed by atoms with E-state index in [1.165, 1.54) is 24.0 Å². The van der Waals surface area contributed by atoms with Crippen LogP contribution in [0.5, 0.6) is 17.2 Å². The number of carbonyl (C=O) groups is 2. The van der Waals surface area contributed by atoms with Crippen molar-refractivity contribution in [2.24, 2.45) is 0 Å². The number of carbonyl (C=O) groups excluding carboxylic acids is 2. The van der Waals surface area contributed by atoms with E-state index in [-0.39, 0.29) is 5.57 Å². The Morgan fingerprint density at radius 3 is 2.34 bits per heavy atom. The van der Waals surface area contributed by atoms with Crippen molar-refractivity contribution in [2.45, 2.75) is 25.8 Å². The van der Waals surface area contributed by atoms with E-state index in [1.807, 2.05) is 21.0 Å². The molecule has 1 N–H and O–H groups in total. The summed E-state index contributed by atoms with van der Waals surface area (Å²) in [6.45, 7) is 3.72. The summed E-state index contributed by atoms with van der Waals surface area (Å²) in [6, 6.07) is 11.0. The van der Waals surface area contributed by atoms with Crippen molar-refractivity contribution in [3.8, 4) is 17.2 Å². The van der Waals surface area contributed by atoms with E-state index in [9.17, 15) is 14.7 Å². The fourth-order valence-corrected chi connectivity index (χ4v) is 4.13. The molecule has 1 unspecified atom stereocenters. The van der Waals surface area contributed by atoms with Crippen LogP contribution in [0, 0.1) is 0 Å². The first-order valence-electron chi connectivity index (χ1n) is 11.8. The highest BCUT2D eigenvalue weighted by Crippen LogP contribution is 2.41. The highest BCUT2D eigenvalue weighted by Gasteiger charge is 2.44. The number of ketones is 1. The molecule has 0 spiro atoms. The number of nitrogens with zero attached hydrogens (tertiary/aromatic N) is 1. The molecule has 0 bridgehead atoms. The van der Waals surface area contributed by atoms with Crippen molar-refractivity contribution in [1.29, 1.82) is 0 Å². The quantitative estimate of drug-likeness (QED) is 0.295. The Morgan fingerprint density at radius 1 is 1.03 bits per heavy atom. The summed E-state index contributed by atoms with van der Waals surface area (Å²) in [7, 11) is 7.13. The van der Waals surface area contributed by atoms with Crippen LogP contribution < -0.4 is 24.2 Å². The molecule has 1 amide bonds. The van der Waals surface area contributed by atoms with Gasteiger partial charge in [0.15, 0.2) is 11.5 Å². The third kappa shape index (κ3) is 5.77. The van der Waals surface area contributed by atoms with Gasteiger partial charge >= 0.3 is 0 Å². The molecule has 0 aliphatic carbocycles. The summed E-state index contributed by atoms with van der Waals surface area (Å²) in [5.74, 6) is -0.250. The lowest BCUT2D eigenvalue weighted by molar-refractivity contribution is -0.858. The monoisotopic (exact) mass is 482 g/mol. The van der Waals surface area contributed by atoms with E-state index in [1.54, 1.807) is 42.5 Å². The van der Waals surface area contributed by atoms with Gasteiger partial charge in [0.05, 0.1) is 47.5 Å². The number of hydrogen-bond donors (Lipinski definition) is 1. The second-order valence-electron chi connectivity index (χ2n) is 8.77. The molecule has 1 saturated heterocycles. The molecule has 0 saturated carbocycles. The van der Waals surface area contributed by atoms with Gasteiger partial charge in [0.1, 0.15) is 5.75 Å². The normalized spacial score (nSPS) is 17.2. The van der Waals surface area contributed by atoms with Crippen molar-refractivity contribution in [3.63, 3.8) is 0 Å². The molecule has 1 heterocycles. The van der Waals surface area contributed by atoms with Crippen LogP contribution >= 0.6 is 0 Å². The molecule has 35 heavy (non-hydrogen) atoms. The van der Waals surface area contributed by atoms with E-state index >= 15 is 0 Å². The minimum Gasteiger partial charge on any atom is -0.872 e. The van der Waals surface area contributed by atoms with Gasteiger partial charge in [0, 0.05) is 18.5 Å². The fraction of sp³-hybridized carbons (Fsp3) is 0.407. The predicted octanol–water partition coefficient (Wildman–Crippen LogP) is 1.25. The average molecular weight is 483 g/mol. The topological polar surface area (TPSA) is 92.6 Å². The van der Waals surface area contributed by atoms with E-state index < -0.39 is 23.5 Å². The van der Waals surface area contributed by atoms with Crippen LogP contribution in [0.4, 0.5) is 0 Å². The largest absolute Gasteiger partial charge is 0.872 e. The summed E-state index contributed by atoms with van der Waals surface area (Å²) in [4.78, 5) is 29.0. The molecule has 1 atom stereocenters. The molecule has 0 aromatic heterocycles. The van der Waals surface area contributed by atoms with Crippen LogP contribution in [-0.4, -0.2) is 64.6 Å². The number of quaternary nitrogens is 1. The molecule has 1 aliphatic heterocycles. The number of amides is 1. The molecule has 0 radical (unpaired) electrons. The van der Waals surface area contributed by atoms with Gasteiger partial charge in [0.2, 0.25) is 5.78 Å². The molecule has 8 heteroatoms. The summed E-state index contributed by atoms with van der Waals surface area (Å²) in [5, 5.41) is 13.5. The summed E-state index contributed by atoms with van der Waals surface area (Å²) in [5.41, 5.74) is 0.891. The van der Waals surface area contributed by atoms with Crippen molar-refractivity contribution in [1.82, 2.24) is 4.90 Å². The fourth-order valence-electron chi connectivity index (χ4n) is 4.13. The van der Waals surface area contributed by atoms with Gasteiger partial charge in [-0.25, -0.2) is 0 Å². The second-order valence-corrected chi connectivity index (χ2v) is 8.77. The number of rotatable bonds is 11. The molecule has 8 nitrogen and oxygen atoms in total. The lowest BCUT2D eigenvalue weighted by atomic mass is 9.95. The Morgan fingerprint density at radius 2 is 1.74 bits per heavy atom. The van der Waals surface area contributed by atoms with E-state index in [4.69, 9.17) is 14.2 Å². The van der Waals surface area contributed by atoms with Crippen LogP contribution in [0.25, 0.3) is 5.76 Å². The Kier molecular flexibility index (Phi) is 8.76. The average Bonchev–Trinajstić information content (AvgIpc) is 3.11. The first kappa shape index (κ1) is 26.1.